The fourth-order valence-electron chi connectivity index (χ4n) is 2.02. The maximum absolute atomic E-state index is 13.2. The lowest BCUT2D eigenvalue weighted by Gasteiger charge is -2.18. The number of hydrogen-bond acceptors (Lipinski definition) is 3. The van der Waals surface area contributed by atoms with Crippen molar-refractivity contribution >= 4 is 11.6 Å². The molecule has 20 heavy (non-hydrogen) atoms. The normalized spacial score (nSPS) is 12.3. The third-order valence-corrected chi connectivity index (χ3v) is 3.34. The fourth-order valence-corrected chi connectivity index (χ4v) is 2.22. The van der Waals surface area contributed by atoms with Crippen LogP contribution in [0.25, 0.3) is 0 Å². The van der Waals surface area contributed by atoms with Crippen molar-refractivity contribution < 1.29 is 4.39 Å². The molecule has 0 saturated carbocycles. The Kier molecular flexibility index (Phi) is 5.44. The summed E-state index contributed by atoms with van der Waals surface area (Å²) >= 11 is 5.83. The minimum atomic E-state index is -0.392. The summed E-state index contributed by atoms with van der Waals surface area (Å²) in [6.45, 7) is 3.01. The van der Waals surface area contributed by atoms with Gasteiger partial charge in [0.1, 0.15) is 12.1 Å². The minimum absolute atomic E-state index is 0.0951. The average Bonchev–Trinajstić information content (AvgIpc) is 2.48. The molecular formula is C15H17ClFN3. The van der Waals surface area contributed by atoms with Gasteiger partial charge in [0.05, 0.1) is 5.02 Å². The molecule has 3 nitrogen and oxygen atoms in total. The molecule has 0 aliphatic heterocycles. The van der Waals surface area contributed by atoms with Gasteiger partial charge in [0, 0.05) is 24.0 Å². The van der Waals surface area contributed by atoms with E-state index < -0.39 is 5.82 Å². The van der Waals surface area contributed by atoms with E-state index in [0.717, 1.165) is 24.1 Å². The Hall–Kier alpha value is -1.52. The minimum Gasteiger partial charge on any atom is -0.310 e. The molecule has 1 N–H and O–H groups in total. The maximum atomic E-state index is 13.2. The molecule has 0 saturated heterocycles. The van der Waals surface area contributed by atoms with Crippen LogP contribution in [-0.4, -0.2) is 16.5 Å². The molecule has 1 aromatic heterocycles. The first-order chi connectivity index (χ1) is 9.70. The third-order valence-electron chi connectivity index (χ3n) is 3.05. The Labute approximate surface area is 123 Å². The van der Waals surface area contributed by atoms with Crippen molar-refractivity contribution in [1.82, 2.24) is 15.3 Å². The van der Waals surface area contributed by atoms with Crippen LogP contribution in [0.1, 0.15) is 30.5 Å². The lowest BCUT2D eigenvalue weighted by atomic mass is 10.0. The number of benzene rings is 1. The van der Waals surface area contributed by atoms with E-state index in [0.29, 0.717) is 6.42 Å². The molecule has 1 heterocycles. The van der Waals surface area contributed by atoms with Crippen LogP contribution in [0.3, 0.4) is 0 Å². The lowest BCUT2D eigenvalue weighted by molar-refractivity contribution is 0.525. The van der Waals surface area contributed by atoms with Gasteiger partial charge in [-0.15, -0.1) is 0 Å². The molecule has 0 bridgehead atoms. The summed E-state index contributed by atoms with van der Waals surface area (Å²) in [5.41, 5.74) is 2.00. The van der Waals surface area contributed by atoms with Crippen LogP contribution in [0.2, 0.25) is 5.02 Å². The summed E-state index contributed by atoms with van der Waals surface area (Å²) in [6, 6.07) is 4.92. The summed E-state index contributed by atoms with van der Waals surface area (Å²) in [5, 5.41) is 3.61. The van der Waals surface area contributed by atoms with Gasteiger partial charge in [0.25, 0.3) is 0 Å². The molecule has 1 unspecified atom stereocenters. The van der Waals surface area contributed by atoms with E-state index in [9.17, 15) is 4.39 Å². The quantitative estimate of drug-likeness (QED) is 0.885. The van der Waals surface area contributed by atoms with Gasteiger partial charge in [-0.2, -0.15) is 0 Å². The van der Waals surface area contributed by atoms with E-state index in [1.165, 1.54) is 12.4 Å². The Bertz CT molecular complexity index is 548. The highest BCUT2D eigenvalue weighted by molar-refractivity contribution is 6.30. The molecule has 1 aromatic carbocycles. The predicted octanol–water partition coefficient (Wildman–Crippen LogP) is 3.55. The Morgan fingerprint density at radius 3 is 2.70 bits per heavy atom. The van der Waals surface area contributed by atoms with Crippen molar-refractivity contribution in [3.05, 3.63) is 58.9 Å². The molecule has 0 spiro atoms. The van der Waals surface area contributed by atoms with Gasteiger partial charge in [-0.1, -0.05) is 24.6 Å². The molecular weight excluding hydrogens is 277 g/mol. The van der Waals surface area contributed by atoms with Gasteiger partial charge in [-0.3, -0.25) is 0 Å². The zero-order valence-corrected chi connectivity index (χ0v) is 12.1. The van der Waals surface area contributed by atoms with E-state index in [-0.39, 0.29) is 11.1 Å². The molecule has 1 atom stereocenters. The van der Waals surface area contributed by atoms with Crippen LogP contribution in [-0.2, 0) is 6.42 Å². The molecule has 0 fully saturated rings. The van der Waals surface area contributed by atoms with Gasteiger partial charge in [-0.25, -0.2) is 14.4 Å². The molecule has 2 aromatic rings. The first-order valence-electron chi connectivity index (χ1n) is 6.63. The number of aromatic nitrogens is 2. The van der Waals surface area contributed by atoms with E-state index >= 15 is 0 Å². The topological polar surface area (TPSA) is 37.8 Å². The summed E-state index contributed by atoms with van der Waals surface area (Å²) in [5.74, 6) is -0.392. The van der Waals surface area contributed by atoms with Gasteiger partial charge in [0.2, 0.25) is 0 Å². The Morgan fingerprint density at radius 1 is 1.30 bits per heavy atom. The van der Waals surface area contributed by atoms with Crippen molar-refractivity contribution in [2.24, 2.45) is 0 Å². The maximum Gasteiger partial charge on any atom is 0.141 e. The standard InChI is InChI=1S/C15H17ClFN3/c1-2-5-20-15(12-8-18-10-19-9-12)7-11-3-4-14(17)13(16)6-11/h3-4,6,8-10,15,20H,2,5,7H2,1H3. The van der Waals surface area contributed by atoms with Crippen molar-refractivity contribution in [2.45, 2.75) is 25.8 Å². The number of halogens is 2. The van der Waals surface area contributed by atoms with Gasteiger partial charge >= 0.3 is 0 Å². The second-order valence-corrected chi connectivity index (χ2v) is 5.04. The highest BCUT2D eigenvalue weighted by atomic mass is 35.5. The van der Waals surface area contributed by atoms with E-state index in [1.807, 2.05) is 0 Å². The van der Waals surface area contributed by atoms with Crippen LogP contribution < -0.4 is 5.32 Å². The van der Waals surface area contributed by atoms with E-state index in [1.54, 1.807) is 24.5 Å². The van der Waals surface area contributed by atoms with Crippen LogP contribution in [0.5, 0.6) is 0 Å². The summed E-state index contributed by atoms with van der Waals surface area (Å²) in [7, 11) is 0. The summed E-state index contributed by atoms with van der Waals surface area (Å²) < 4.78 is 13.2. The molecule has 0 aliphatic carbocycles. The van der Waals surface area contributed by atoms with Crippen LogP contribution >= 0.6 is 11.6 Å². The zero-order valence-electron chi connectivity index (χ0n) is 11.3. The van der Waals surface area contributed by atoms with Gasteiger partial charge in [-0.05, 0) is 37.1 Å². The van der Waals surface area contributed by atoms with Crippen molar-refractivity contribution in [2.75, 3.05) is 6.54 Å². The Morgan fingerprint density at radius 2 is 2.05 bits per heavy atom. The highest BCUT2D eigenvalue weighted by Gasteiger charge is 2.13. The van der Waals surface area contributed by atoms with E-state index in [4.69, 9.17) is 11.6 Å². The molecule has 2 rings (SSSR count). The van der Waals surface area contributed by atoms with Crippen molar-refractivity contribution in [3.63, 3.8) is 0 Å². The molecule has 0 amide bonds. The van der Waals surface area contributed by atoms with Gasteiger partial charge < -0.3 is 5.32 Å². The summed E-state index contributed by atoms with van der Waals surface area (Å²) in [4.78, 5) is 8.10. The lowest BCUT2D eigenvalue weighted by Crippen LogP contribution is -2.24. The SMILES string of the molecule is CCCNC(Cc1ccc(F)c(Cl)c1)c1cncnc1. The largest absolute Gasteiger partial charge is 0.310 e. The highest BCUT2D eigenvalue weighted by Crippen LogP contribution is 2.21. The number of hydrogen-bond donors (Lipinski definition) is 1. The molecule has 0 radical (unpaired) electrons. The van der Waals surface area contributed by atoms with Crippen molar-refractivity contribution in [1.29, 1.82) is 0 Å². The van der Waals surface area contributed by atoms with Crippen LogP contribution in [0.4, 0.5) is 4.39 Å². The van der Waals surface area contributed by atoms with Gasteiger partial charge in [0.15, 0.2) is 0 Å². The van der Waals surface area contributed by atoms with Crippen LogP contribution in [0.15, 0.2) is 36.9 Å². The first-order valence-corrected chi connectivity index (χ1v) is 7.00. The molecule has 5 heteroatoms. The number of nitrogens with one attached hydrogen (secondary N) is 1. The number of rotatable bonds is 6. The second kappa shape index (κ2) is 7.31. The monoisotopic (exact) mass is 293 g/mol. The van der Waals surface area contributed by atoms with Crippen LogP contribution in [0, 0.1) is 5.82 Å². The van der Waals surface area contributed by atoms with E-state index in [2.05, 4.69) is 22.2 Å². The molecule has 106 valence electrons. The second-order valence-electron chi connectivity index (χ2n) is 4.63. The Balaban J connectivity index is 2.17. The smallest absolute Gasteiger partial charge is 0.141 e. The fraction of sp³-hybridized carbons (Fsp3) is 0.333. The zero-order chi connectivity index (χ0) is 14.4. The summed E-state index contributed by atoms with van der Waals surface area (Å²) in [6.07, 6.45) is 6.85. The predicted molar refractivity (Wildman–Crippen MR) is 78.2 cm³/mol. The third kappa shape index (κ3) is 3.99. The molecule has 0 aliphatic rings. The average molecular weight is 294 g/mol. The first kappa shape index (κ1) is 14.9. The van der Waals surface area contributed by atoms with Crippen molar-refractivity contribution in [3.8, 4) is 0 Å². The number of nitrogens with zero attached hydrogens (tertiary/aromatic N) is 2.